The molecule has 8 heteroatoms. The highest BCUT2D eigenvalue weighted by molar-refractivity contribution is 7.89. The molecular weight excluding hydrogens is 395 g/mol. The molecule has 0 fully saturated rings. The van der Waals surface area contributed by atoms with Crippen molar-refractivity contribution in [2.24, 2.45) is 0 Å². The molecule has 26 heavy (non-hydrogen) atoms. The second-order valence-electron chi connectivity index (χ2n) is 5.70. The number of nitrogens with one attached hydrogen (secondary N) is 1. The summed E-state index contributed by atoms with van der Waals surface area (Å²) in [5, 5.41) is 3.75. The lowest BCUT2D eigenvalue weighted by Gasteiger charge is -2.21. The van der Waals surface area contributed by atoms with Crippen LogP contribution in [0.15, 0.2) is 53.4 Å². The Labute approximate surface area is 164 Å². The number of rotatable bonds is 8. The molecule has 0 aliphatic heterocycles. The van der Waals surface area contributed by atoms with Crippen molar-refractivity contribution in [3.63, 3.8) is 0 Å². The van der Waals surface area contributed by atoms with Crippen LogP contribution in [-0.4, -0.2) is 31.7 Å². The lowest BCUT2D eigenvalue weighted by molar-refractivity contribution is -0.121. The smallest absolute Gasteiger partial charge is 0.243 e. The highest BCUT2D eigenvalue weighted by Gasteiger charge is 2.25. The van der Waals surface area contributed by atoms with Crippen LogP contribution in [0, 0.1) is 0 Å². The van der Waals surface area contributed by atoms with E-state index in [1.165, 1.54) is 28.6 Å². The van der Waals surface area contributed by atoms with Crippen LogP contribution in [0.2, 0.25) is 10.0 Å². The van der Waals surface area contributed by atoms with Crippen molar-refractivity contribution >= 4 is 39.1 Å². The van der Waals surface area contributed by atoms with Gasteiger partial charge in [0, 0.05) is 23.1 Å². The van der Waals surface area contributed by atoms with Crippen LogP contribution < -0.4 is 5.32 Å². The summed E-state index contributed by atoms with van der Waals surface area (Å²) in [7, 11) is -3.77. The Morgan fingerprint density at radius 1 is 1.08 bits per heavy atom. The number of nitrogens with zero attached hydrogens (tertiary/aromatic N) is 1. The van der Waals surface area contributed by atoms with Gasteiger partial charge in [-0.25, -0.2) is 8.42 Å². The zero-order valence-corrected chi connectivity index (χ0v) is 16.6. The van der Waals surface area contributed by atoms with E-state index in [0.29, 0.717) is 16.5 Å². The lowest BCUT2D eigenvalue weighted by Crippen LogP contribution is -2.40. The predicted octanol–water partition coefficient (Wildman–Crippen LogP) is 3.71. The van der Waals surface area contributed by atoms with Crippen molar-refractivity contribution < 1.29 is 13.2 Å². The Balaban J connectivity index is 2.06. The minimum Gasteiger partial charge on any atom is -0.351 e. The Hall–Kier alpha value is -1.60. The number of amides is 1. The van der Waals surface area contributed by atoms with Crippen LogP contribution in [0.4, 0.5) is 0 Å². The first-order valence-electron chi connectivity index (χ1n) is 8.10. The van der Waals surface area contributed by atoms with Crippen LogP contribution in [0.25, 0.3) is 0 Å². The average Bonchev–Trinajstić information content (AvgIpc) is 2.60. The monoisotopic (exact) mass is 414 g/mol. The standard InChI is InChI=1S/C18H20Cl2N2O3S/c1-2-10-22(26(24,25)17-8-6-15(19)7-9-17)13-18(23)21-12-14-4-3-5-16(20)11-14/h3-9,11H,2,10,12-13H2,1H3,(H,21,23). The molecule has 0 saturated heterocycles. The normalized spacial score (nSPS) is 11.5. The zero-order chi connectivity index (χ0) is 19.2. The van der Waals surface area contributed by atoms with Crippen molar-refractivity contribution in [3.8, 4) is 0 Å². The Bertz CT molecular complexity index is 855. The molecule has 0 atom stereocenters. The summed E-state index contributed by atoms with van der Waals surface area (Å²) in [5.74, 6) is -0.379. The van der Waals surface area contributed by atoms with E-state index in [1.54, 1.807) is 18.2 Å². The van der Waals surface area contributed by atoms with Gasteiger partial charge in [-0.1, -0.05) is 42.3 Å². The third kappa shape index (κ3) is 5.71. The van der Waals surface area contributed by atoms with Crippen LogP contribution in [0.1, 0.15) is 18.9 Å². The van der Waals surface area contributed by atoms with Gasteiger partial charge in [0.25, 0.3) is 0 Å². The average molecular weight is 415 g/mol. The van der Waals surface area contributed by atoms with E-state index in [0.717, 1.165) is 5.56 Å². The minimum atomic E-state index is -3.77. The van der Waals surface area contributed by atoms with Crippen LogP contribution in [-0.2, 0) is 21.4 Å². The summed E-state index contributed by atoms with van der Waals surface area (Å²) in [6.45, 7) is 2.13. The highest BCUT2D eigenvalue weighted by Crippen LogP contribution is 2.18. The molecule has 5 nitrogen and oxygen atoms in total. The summed E-state index contributed by atoms with van der Waals surface area (Å²) < 4.78 is 26.7. The maximum Gasteiger partial charge on any atom is 0.243 e. The Morgan fingerprint density at radius 2 is 1.77 bits per heavy atom. The molecule has 140 valence electrons. The molecule has 2 aromatic rings. The van der Waals surface area contributed by atoms with Crippen LogP contribution in [0.5, 0.6) is 0 Å². The molecule has 1 N–H and O–H groups in total. The molecule has 0 aromatic heterocycles. The first-order valence-corrected chi connectivity index (χ1v) is 10.3. The fourth-order valence-electron chi connectivity index (χ4n) is 2.35. The van der Waals surface area contributed by atoms with Gasteiger partial charge in [0.15, 0.2) is 0 Å². The third-order valence-electron chi connectivity index (χ3n) is 3.62. The maximum atomic E-state index is 12.8. The SMILES string of the molecule is CCCN(CC(=O)NCc1cccc(Cl)c1)S(=O)(=O)c1ccc(Cl)cc1. The summed E-state index contributed by atoms with van der Waals surface area (Å²) in [6.07, 6.45) is 0.592. The molecule has 0 heterocycles. The van der Waals surface area contributed by atoms with E-state index in [4.69, 9.17) is 23.2 Å². The molecular formula is C18H20Cl2N2O3S. The third-order valence-corrected chi connectivity index (χ3v) is 5.97. The molecule has 1 amide bonds. The van der Waals surface area contributed by atoms with Crippen LogP contribution >= 0.6 is 23.2 Å². The van der Waals surface area contributed by atoms with Crippen LogP contribution in [0.3, 0.4) is 0 Å². The molecule has 0 bridgehead atoms. The van der Waals surface area contributed by atoms with Crippen molar-refractivity contribution in [2.45, 2.75) is 24.8 Å². The number of sulfonamides is 1. The van der Waals surface area contributed by atoms with Gasteiger partial charge >= 0.3 is 0 Å². The van der Waals surface area contributed by atoms with E-state index in [9.17, 15) is 13.2 Å². The molecule has 0 unspecified atom stereocenters. The summed E-state index contributed by atoms with van der Waals surface area (Å²) in [6, 6.07) is 13.0. The van der Waals surface area contributed by atoms with E-state index in [2.05, 4.69) is 5.32 Å². The van der Waals surface area contributed by atoms with Gasteiger partial charge in [-0.3, -0.25) is 4.79 Å². The van der Waals surface area contributed by atoms with Gasteiger partial charge in [0.1, 0.15) is 0 Å². The highest BCUT2D eigenvalue weighted by atomic mass is 35.5. The molecule has 2 aromatic carbocycles. The minimum absolute atomic E-state index is 0.109. The molecule has 0 aliphatic carbocycles. The summed E-state index contributed by atoms with van der Waals surface area (Å²) in [4.78, 5) is 12.4. The summed E-state index contributed by atoms with van der Waals surface area (Å²) >= 11 is 11.7. The Morgan fingerprint density at radius 3 is 2.38 bits per heavy atom. The second-order valence-corrected chi connectivity index (χ2v) is 8.51. The number of hydrogen-bond donors (Lipinski definition) is 1. The number of carbonyl (C=O) groups excluding carboxylic acids is 1. The van der Waals surface area contributed by atoms with Crippen molar-refractivity contribution in [3.05, 3.63) is 64.1 Å². The Kier molecular flexibility index (Phi) is 7.46. The van der Waals surface area contributed by atoms with Gasteiger partial charge in [-0.2, -0.15) is 4.31 Å². The van der Waals surface area contributed by atoms with Gasteiger partial charge in [0.2, 0.25) is 15.9 Å². The van der Waals surface area contributed by atoms with Gasteiger partial charge in [-0.05, 0) is 48.4 Å². The van der Waals surface area contributed by atoms with E-state index >= 15 is 0 Å². The van der Waals surface area contributed by atoms with E-state index in [1.807, 2.05) is 13.0 Å². The van der Waals surface area contributed by atoms with Gasteiger partial charge in [-0.15, -0.1) is 0 Å². The molecule has 0 radical (unpaired) electrons. The number of benzene rings is 2. The lowest BCUT2D eigenvalue weighted by atomic mass is 10.2. The number of hydrogen-bond acceptors (Lipinski definition) is 3. The summed E-state index contributed by atoms with van der Waals surface area (Å²) in [5.41, 5.74) is 0.841. The van der Waals surface area contributed by atoms with E-state index in [-0.39, 0.29) is 30.4 Å². The zero-order valence-electron chi connectivity index (χ0n) is 14.3. The first kappa shape index (κ1) is 20.7. The second kappa shape index (κ2) is 9.37. The van der Waals surface area contributed by atoms with E-state index < -0.39 is 10.0 Å². The fraction of sp³-hybridized carbons (Fsp3) is 0.278. The quantitative estimate of drug-likeness (QED) is 0.715. The molecule has 2 rings (SSSR count). The number of halogens is 2. The number of carbonyl (C=O) groups is 1. The van der Waals surface area contributed by atoms with Crippen molar-refractivity contribution in [1.29, 1.82) is 0 Å². The van der Waals surface area contributed by atoms with Gasteiger partial charge < -0.3 is 5.32 Å². The molecule has 0 saturated carbocycles. The first-order chi connectivity index (χ1) is 12.3. The maximum absolute atomic E-state index is 12.8. The van der Waals surface area contributed by atoms with Crippen molar-refractivity contribution in [1.82, 2.24) is 9.62 Å². The fourth-order valence-corrected chi connectivity index (χ4v) is 4.18. The topological polar surface area (TPSA) is 66.5 Å². The van der Waals surface area contributed by atoms with Crippen molar-refractivity contribution in [2.75, 3.05) is 13.1 Å². The molecule has 0 spiro atoms. The predicted molar refractivity (Wildman–Crippen MR) is 104 cm³/mol. The largest absolute Gasteiger partial charge is 0.351 e. The molecule has 0 aliphatic rings. The van der Waals surface area contributed by atoms with Gasteiger partial charge in [0.05, 0.1) is 11.4 Å².